The largest absolute Gasteiger partial charge is 0.365 e. The SMILES string of the molecule is c1ccc2c(NC3CCCNC3)ncnc2c1. The molecule has 1 aliphatic heterocycles. The maximum atomic E-state index is 4.35. The summed E-state index contributed by atoms with van der Waals surface area (Å²) < 4.78 is 0. The van der Waals surface area contributed by atoms with E-state index < -0.39 is 0 Å². The van der Waals surface area contributed by atoms with Crippen molar-refractivity contribution in [2.75, 3.05) is 18.4 Å². The first-order chi connectivity index (χ1) is 8.43. The van der Waals surface area contributed by atoms with Crippen molar-refractivity contribution in [3.63, 3.8) is 0 Å². The maximum Gasteiger partial charge on any atom is 0.137 e. The number of piperidine rings is 1. The molecule has 0 spiro atoms. The summed E-state index contributed by atoms with van der Waals surface area (Å²) in [5, 5.41) is 8.01. The highest BCUT2D eigenvalue weighted by atomic mass is 15.1. The highest BCUT2D eigenvalue weighted by Crippen LogP contribution is 2.20. The summed E-state index contributed by atoms with van der Waals surface area (Å²) in [4.78, 5) is 8.62. The Balaban J connectivity index is 1.89. The van der Waals surface area contributed by atoms with Gasteiger partial charge in [0.25, 0.3) is 0 Å². The van der Waals surface area contributed by atoms with E-state index in [0.717, 1.165) is 29.8 Å². The smallest absolute Gasteiger partial charge is 0.137 e. The number of benzene rings is 1. The lowest BCUT2D eigenvalue weighted by Crippen LogP contribution is -2.38. The van der Waals surface area contributed by atoms with E-state index in [1.807, 2.05) is 18.2 Å². The summed E-state index contributed by atoms with van der Waals surface area (Å²) in [7, 11) is 0. The molecule has 2 N–H and O–H groups in total. The van der Waals surface area contributed by atoms with Crippen molar-refractivity contribution in [2.45, 2.75) is 18.9 Å². The van der Waals surface area contributed by atoms with Crippen LogP contribution in [-0.2, 0) is 0 Å². The Labute approximate surface area is 100 Å². The molecule has 4 heteroatoms. The summed E-state index contributed by atoms with van der Waals surface area (Å²) in [6, 6.07) is 8.58. The van der Waals surface area contributed by atoms with Crippen LogP contribution in [0.5, 0.6) is 0 Å². The summed E-state index contributed by atoms with van der Waals surface area (Å²) in [6.07, 6.45) is 4.05. The van der Waals surface area contributed by atoms with Crippen LogP contribution in [0.25, 0.3) is 10.9 Å². The molecule has 1 fully saturated rings. The number of fused-ring (bicyclic) bond motifs is 1. The van der Waals surface area contributed by atoms with Gasteiger partial charge in [-0.3, -0.25) is 0 Å². The van der Waals surface area contributed by atoms with Crippen molar-refractivity contribution in [1.29, 1.82) is 0 Å². The van der Waals surface area contributed by atoms with Crippen molar-refractivity contribution in [3.8, 4) is 0 Å². The molecule has 88 valence electrons. The van der Waals surface area contributed by atoms with Crippen molar-refractivity contribution >= 4 is 16.7 Å². The average Bonchev–Trinajstić information content (AvgIpc) is 2.40. The first-order valence-corrected chi connectivity index (χ1v) is 6.10. The third-order valence-electron chi connectivity index (χ3n) is 3.18. The van der Waals surface area contributed by atoms with Gasteiger partial charge >= 0.3 is 0 Å². The highest BCUT2D eigenvalue weighted by molar-refractivity contribution is 5.88. The summed E-state index contributed by atoms with van der Waals surface area (Å²) in [5.41, 5.74) is 0.994. The fourth-order valence-electron chi connectivity index (χ4n) is 2.29. The van der Waals surface area contributed by atoms with Gasteiger partial charge in [0, 0.05) is 18.0 Å². The average molecular weight is 228 g/mol. The summed E-state index contributed by atoms with van der Waals surface area (Å²) in [6.45, 7) is 2.14. The molecule has 1 aliphatic rings. The van der Waals surface area contributed by atoms with Crippen molar-refractivity contribution in [3.05, 3.63) is 30.6 Å². The second kappa shape index (κ2) is 4.67. The van der Waals surface area contributed by atoms with Crippen LogP contribution in [0.1, 0.15) is 12.8 Å². The number of anilines is 1. The Morgan fingerprint density at radius 3 is 3.06 bits per heavy atom. The van der Waals surface area contributed by atoms with E-state index in [9.17, 15) is 0 Å². The Hall–Kier alpha value is -1.68. The van der Waals surface area contributed by atoms with Crippen LogP contribution in [0.3, 0.4) is 0 Å². The number of aromatic nitrogens is 2. The van der Waals surface area contributed by atoms with Gasteiger partial charge in [-0.15, -0.1) is 0 Å². The first-order valence-electron chi connectivity index (χ1n) is 6.10. The number of nitrogens with one attached hydrogen (secondary N) is 2. The molecule has 4 nitrogen and oxygen atoms in total. The van der Waals surface area contributed by atoms with Gasteiger partial charge in [0.1, 0.15) is 12.1 Å². The second-order valence-corrected chi connectivity index (χ2v) is 4.43. The van der Waals surface area contributed by atoms with Crippen LogP contribution in [0.15, 0.2) is 30.6 Å². The fourth-order valence-corrected chi connectivity index (χ4v) is 2.29. The molecule has 1 aromatic heterocycles. The lowest BCUT2D eigenvalue weighted by Gasteiger charge is -2.24. The number of hydrogen-bond donors (Lipinski definition) is 2. The number of nitrogens with zero attached hydrogens (tertiary/aromatic N) is 2. The molecule has 1 aromatic carbocycles. The molecule has 0 bridgehead atoms. The van der Waals surface area contributed by atoms with Crippen LogP contribution in [0.4, 0.5) is 5.82 Å². The van der Waals surface area contributed by atoms with Gasteiger partial charge in [0.05, 0.1) is 5.52 Å². The predicted molar refractivity (Wildman–Crippen MR) is 69.1 cm³/mol. The van der Waals surface area contributed by atoms with Gasteiger partial charge in [-0.25, -0.2) is 9.97 Å². The van der Waals surface area contributed by atoms with Gasteiger partial charge in [-0.2, -0.15) is 0 Å². The van der Waals surface area contributed by atoms with E-state index in [4.69, 9.17) is 0 Å². The molecule has 1 atom stereocenters. The van der Waals surface area contributed by atoms with Gasteiger partial charge in [0.15, 0.2) is 0 Å². The standard InChI is InChI=1S/C13H16N4/c1-2-6-12-11(5-1)13(16-9-15-12)17-10-4-3-7-14-8-10/h1-2,5-6,9-10,14H,3-4,7-8H2,(H,15,16,17). The van der Waals surface area contributed by atoms with Gasteiger partial charge in [-0.05, 0) is 31.5 Å². The molecule has 2 heterocycles. The molecule has 0 saturated carbocycles. The number of rotatable bonds is 2. The maximum absolute atomic E-state index is 4.35. The molecular formula is C13H16N4. The third kappa shape index (κ3) is 2.22. The Kier molecular flexibility index (Phi) is 2.88. The van der Waals surface area contributed by atoms with E-state index in [1.54, 1.807) is 6.33 Å². The second-order valence-electron chi connectivity index (χ2n) is 4.43. The molecule has 0 radical (unpaired) electrons. The lowest BCUT2D eigenvalue weighted by atomic mass is 10.1. The summed E-state index contributed by atoms with van der Waals surface area (Å²) in [5.74, 6) is 0.948. The highest BCUT2D eigenvalue weighted by Gasteiger charge is 2.14. The van der Waals surface area contributed by atoms with Gasteiger partial charge in [-0.1, -0.05) is 12.1 Å². The van der Waals surface area contributed by atoms with E-state index in [1.165, 1.54) is 12.8 Å². The van der Waals surface area contributed by atoms with Crippen LogP contribution < -0.4 is 10.6 Å². The van der Waals surface area contributed by atoms with E-state index >= 15 is 0 Å². The number of para-hydroxylation sites is 1. The lowest BCUT2D eigenvalue weighted by molar-refractivity contribution is 0.479. The molecular weight excluding hydrogens is 212 g/mol. The van der Waals surface area contributed by atoms with Crippen LogP contribution >= 0.6 is 0 Å². The van der Waals surface area contributed by atoms with E-state index in [-0.39, 0.29) is 0 Å². The third-order valence-corrected chi connectivity index (χ3v) is 3.18. The van der Waals surface area contributed by atoms with E-state index in [0.29, 0.717) is 6.04 Å². The summed E-state index contributed by atoms with van der Waals surface area (Å²) >= 11 is 0. The zero-order valence-electron chi connectivity index (χ0n) is 9.69. The van der Waals surface area contributed by atoms with Crippen LogP contribution in [0, 0.1) is 0 Å². The number of hydrogen-bond acceptors (Lipinski definition) is 4. The van der Waals surface area contributed by atoms with Crippen molar-refractivity contribution in [2.24, 2.45) is 0 Å². The molecule has 3 rings (SSSR count). The van der Waals surface area contributed by atoms with Gasteiger partial charge < -0.3 is 10.6 Å². The quantitative estimate of drug-likeness (QED) is 0.823. The molecule has 17 heavy (non-hydrogen) atoms. The predicted octanol–water partition coefficient (Wildman–Crippen LogP) is 1.79. The monoisotopic (exact) mass is 228 g/mol. The molecule has 0 amide bonds. The van der Waals surface area contributed by atoms with Gasteiger partial charge in [0.2, 0.25) is 0 Å². The Bertz CT molecular complexity index is 500. The van der Waals surface area contributed by atoms with Crippen LogP contribution in [0.2, 0.25) is 0 Å². The molecule has 0 aliphatic carbocycles. The fraction of sp³-hybridized carbons (Fsp3) is 0.385. The Morgan fingerprint density at radius 2 is 2.18 bits per heavy atom. The molecule has 1 unspecified atom stereocenters. The minimum absolute atomic E-state index is 0.474. The molecule has 1 saturated heterocycles. The van der Waals surface area contributed by atoms with Crippen molar-refractivity contribution < 1.29 is 0 Å². The normalized spacial score (nSPS) is 20.4. The zero-order chi connectivity index (χ0) is 11.5. The van der Waals surface area contributed by atoms with E-state index in [2.05, 4.69) is 26.7 Å². The minimum atomic E-state index is 0.474. The minimum Gasteiger partial charge on any atom is -0.365 e. The Morgan fingerprint density at radius 1 is 1.24 bits per heavy atom. The van der Waals surface area contributed by atoms with Crippen molar-refractivity contribution in [1.82, 2.24) is 15.3 Å². The topological polar surface area (TPSA) is 49.8 Å². The first kappa shape index (κ1) is 10.5. The molecule has 2 aromatic rings. The zero-order valence-corrected chi connectivity index (χ0v) is 9.69. The van der Waals surface area contributed by atoms with Crippen LogP contribution in [-0.4, -0.2) is 29.1 Å².